The van der Waals surface area contributed by atoms with Gasteiger partial charge in [0.05, 0.1) is 22.0 Å². The maximum Gasteiger partial charge on any atom is 0.245 e. The van der Waals surface area contributed by atoms with E-state index in [-0.39, 0.29) is 17.9 Å². The molecule has 37 heavy (non-hydrogen) atoms. The van der Waals surface area contributed by atoms with E-state index in [4.69, 9.17) is 22.4 Å². The number of para-hydroxylation sites is 1. The zero-order valence-corrected chi connectivity index (χ0v) is 22.3. The molecule has 4 N–H and O–H groups in total. The number of hydrazone groups is 1. The number of nitrogens with two attached hydrogens (primary N) is 1. The molecular weight excluding hydrogens is 506 g/mol. The number of amides is 1. The van der Waals surface area contributed by atoms with E-state index >= 15 is 0 Å². The van der Waals surface area contributed by atoms with E-state index in [1.165, 1.54) is 6.08 Å². The van der Waals surface area contributed by atoms with Gasteiger partial charge in [-0.2, -0.15) is 5.10 Å². The lowest BCUT2D eigenvalue weighted by atomic mass is 9.95. The average molecular weight is 538 g/mol. The highest BCUT2D eigenvalue weighted by molar-refractivity contribution is 8.14. The van der Waals surface area contributed by atoms with Gasteiger partial charge in [-0.15, -0.1) is 11.8 Å². The van der Waals surface area contributed by atoms with E-state index in [1.54, 1.807) is 18.0 Å². The molecule has 2 aliphatic rings. The number of piperidine rings is 1. The zero-order valence-electron chi connectivity index (χ0n) is 20.7. The van der Waals surface area contributed by atoms with Crippen LogP contribution in [0.15, 0.2) is 54.4 Å². The minimum atomic E-state index is -0.0250. The Kier molecular flexibility index (Phi) is 8.00. The van der Waals surface area contributed by atoms with Crippen LogP contribution in [-0.2, 0) is 4.79 Å². The third-order valence-electron chi connectivity index (χ3n) is 7.22. The Morgan fingerprint density at radius 3 is 3.00 bits per heavy atom. The van der Waals surface area contributed by atoms with Crippen molar-refractivity contribution in [2.24, 2.45) is 16.9 Å². The molecule has 8 nitrogen and oxygen atoms in total. The van der Waals surface area contributed by atoms with Gasteiger partial charge < -0.3 is 21.0 Å². The summed E-state index contributed by atoms with van der Waals surface area (Å²) < 4.78 is 0. The lowest BCUT2D eigenvalue weighted by Gasteiger charge is -2.34. The van der Waals surface area contributed by atoms with Crippen molar-refractivity contribution in [3.8, 4) is 11.3 Å². The highest BCUT2D eigenvalue weighted by Crippen LogP contribution is 2.36. The number of hydrogen-bond acceptors (Lipinski definition) is 7. The number of nitrogens with one attached hydrogen (secondary N) is 2. The molecule has 1 aromatic carbocycles. The lowest BCUT2D eigenvalue weighted by molar-refractivity contribution is -0.127. The Morgan fingerprint density at radius 1 is 1.30 bits per heavy atom. The molecule has 1 aliphatic heterocycles. The molecule has 0 spiro atoms. The summed E-state index contributed by atoms with van der Waals surface area (Å²) in [4.78, 5) is 26.5. The number of carbonyl (C=O) groups is 1. The molecule has 2 fully saturated rings. The average Bonchev–Trinajstić information content (AvgIpc) is 3.36. The number of hydrogen-bond donors (Lipinski definition) is 3. The standard InChI is InChI=1S/C27H32ClN7OS/c1-2-24(36)35-12-6-7-17(16-35)26(34-29)37-19-9-5-8-18(13-19)32-27-31-15-22(28)25(33-27)21-14-30-23-11-4-3-10-20(21)23/h2-4,10-11,14-15,17-19,30H,1,5-9,12-13,16,29H2,(H,31,32,33)/b34-26-/t17?,18-,19-/m1/s1. The van der Waals surface area contributed by atoms with Crippen LogP contribution >= 0.6 is 23.4 Å². The van der Waals surface area contributed by atoms with Crippen LogP contribution in [0.1, 0.15) is 38.5 Å². The number of thioether (sulfide) groups is 1. The molecule has 3 aromatic rings. The third kappa shape index (κ3) is 5.78. The van der Waals surface area contributed by atoms with Gasteiger partial charge >= 0.3 is 0 Å². The summed E-state index contributed by atoms with van der Waals surface area (Å²) in [6, 6.07) is 8.35. The normalized spacial score (nSPS) is 22.7. The van der Waals surface area contributed by atoms with Crippen LogP contribution in [0.4, 0.5) is 5.95 Å². The molecule has 1 aliphatic carbocycles. The molecule has 0 bridgehead atoms. The van der Waals surface area contributed by atoms with Crippen molar-refractivity contribution in [2.75, 3.05) is 18.4 Å². The number of fused-ring (bicyclic) bond motifs is 1. The molecular formula is C27H32ClN7OS. The Balaban J connectivity index is 1.25. The van der Waals surface area contributed by atoms with Crippen molar-refractivity contribution in [3.05, 3.63) is 54.3 Å². The van der Waals surface area contributed by atoms with Gasteiger partial charge in [0, 0.05) is 53.0 Å². The van der Waals surface area contributed by atoms with Gasteiger partial charge in [0.15, 0.2) is 0 Å². The van der Waals surface area contributed by atoms with E-state index in [2.05, 4.69) is 33.0 Å². The van der Waals surface area contributed by atoms with Crippen molar-refractivity contribution in [1.82, 2.24) is 19.9 Å². The topological polar surface area (TPSA) is 112 Å². The maximum absolute atomic E-state index is 12.1. The Labute approximate surface area is 226 Å². The fraction of sp³-hybridized carbons (Fsp3) is 0.407. The number of aromatic amines is 1. The molecule has 1 amide bonds. The second-order valence-electron chi connectivity index (χ2n) is 9.68. The highest BCUT2D eigenvalue weighted by Gasteiger charge is 2.30. The fourth-order valence-corrected chi connectivity index (χ4v) is 6.96. The van der Waals surface area contributed by atoms with Crippen LogP contribution in [0.25, 0.3) is 22.2 Å². The number of likely N-dealkylation sites (tertiary alicyclic amines) is 1. The maximum atomic E-state index is 12.1. The minimum Gasteiger partial charge on any atom is -0.360 e. The number of rotatable bonds is 6. The molecule has 194 valence electrons. The van der Waals surface area contributed by atoms with Crippen LogP contribution in [0.3, 0.4) is 0 Å². The summed E-state index contributed by atoms with van der Waals surface area (Å²) in [6.45, 7) is 5.04. The third-order valence-corrected chi connectivity index (χ3v) is 8.94. The molecule has 10 heteroatoms. The molecule has 5 rings (SSSR count). The van der Waals surface area contributed by atoms with E-state index in [0.29, 0.717) is 28.5 Å². The van der Waals surface area contributed by atoms with Gasteiger partial charge in [0.25, 0.3) is 0 Å². The van der Waals surface area contributed by atoms with Gasteiger partial charge in [-0.3, -0.25) is 4.79 Å². The summed E-state index contributed by atoms with van der Waals surface area (Å²) in [7, 11) is 0. The predicted molar refractivity (Wildman–Crippen MR) is 153 cm³/mol. The van der Waals surface area contributed by atoms with Gasteiger partial charge in [0.1, 0.15) is 0 Å². The molecule has 1 unspecified atom stereocenters. The largest absolute Gasteiger partial charge is 0.360 e. The van der Waals surface area contributed by atoms with Crippen molar-refractivity contribution in [3.63, 3.8) is 0 Å². The zero-order chi connectivity index (χ0) is 25.8. The number of H-pyrrole nitrogens is 1. The number of nitrogens with zero attached hydrogens (tertiary/aromatic N) is 4. The summed E-state index contributed by atoms with van der Waals surface area (Å²) in [5.74, 6) is 6.58. The van der Waals surface area contributed by atoms with Crippen LogP contribution < -0.4 is 11.2 Å². The molecule has 3 atom stereocenters. The van der Waals surface area contributed by atoms with Crippen molar-refractivity contribution >= 4 is 51.2 Å². The molecule has 0 radical (unpaired) electrons. The van der Waals surface area contributed by atoms with Crippen LogP contribution in [-0.4, -0.2) is 55.2 Å². The summed E-state index contributed by atoms with van der Waals surface area (Å²) >= 11 is 8.28. The minimum absolute atomic E-state index is 0.0250. The number of benzene rings is 1. The van der Waals surface area contributed by atoms with E-state index in [1.807, 2.05) is 29.3 Å². The Bertz CT molecular complexity index is 1310. The van der Waals surface area contributed by atoms with Crippen molar-refractivity contribution in [1.29, 1.82) is 0 Å². The predicted octanol–water partition coefficient (Wildman–Crippen LogP) is 5.43. The first-order chi connectivity index (χ1) is 18.1. The van der Waals surface area contributed by atoms with Gasteiger partial charge in [-0.25, -0.2) is 9.97 Å². The Morgan fingerprint density at radius 2 is 2.16 bits per heavy atom. The van der Waals surface area contributed by atoms with Gasteiger partial charge in [0.2, 0.25) is 11.9 Å². The van der Waals surface area contributed by atoms with Gasteiger partial charge in [-0.1, -0.05) is 42.8 Å². The number of halogens is 1. The Hall–Kier alpha value is -3.04. The SMILES string of the molecule is C=CC(=O)N1CCCC(/C(=N/N)S[C@@H]2CCC[C@@H](Nc3ncc(Cl)c(-c4c[nH]c5ccccc45)n3)C2)C1. The van der Waals surface area contributed by atoms with E-state index < -0.39 is 0 Å². The van der Waals surface area contributed by atoms with E-state index in [0.717, 1.165) is 66.6 Å². The fourth-order valence-electron chi connectivity index (χ4n) is 5.37. The molecule has 2 aromatic heterocycles. The first kappa shape index (κ1) is 25.6. The second kappa shape index (κ2) is 11.6. The van der Waals surface area contributed by atoms with Crippen molar-refractivity contribution in [2.45, 2.75) is 49.8 Å². The molecule has 1 saturated carbocycles. The summed E-state index contributed by atoms with van der Waals surface area (Å²) in [5.41, 5.74) is 2.72. The molecule has 3 heterocycles. The first-order valence-corrected chi connectivity index (χ1v) is 14.0. The number of aromatic nitrogens is 3. The van der Waals surface area contributed by atoms with Crippen LogP contribution in [0, 0.1) is 5.92 Å². The number of carbonyl (C=O) groups excluding carboxylic acids is 1. The van der Waals surface area contributed by atoms with Crippen LogP contribution in [0.5, 0.6) is 0 Å². The lowest BCUT2D eigenvalue weighted by Crippen LogP contribution is -2.41. The smallest absolute Gasteiger partial charge is 0.245 e. The first-order valence-electron chi connectivity index (χ1n) is 12.8. The highest BCUT2D eigenvalue weighted by atomic mass is 35.5. The molecule has 1 saturated heterocycles. The number of anilines is 1. The van der Waals surface area contributed by atoms with E-state index in [9.17, 15) is 4.79 Å². The quantitative estimate of drug-likeness (QED) is 0.127. The van der Waals surface area contributed by atoms with Crippen LogP contribution in [0.2, 0.25) is 5.02 Å². The van der Waals surface area contributed by atoms with Crippen molar-refractivity contribution < 1.29 is 4.79 Å². The van der Waals surface area contributed by atoms with Gasteiger partial charge in [-0.05, 0) is 44.2 Å². The second-order valence-corrected chi connectivity index (χ2v) is 11.4. The summed E-state index contributed by atoms with van der Waals surface area (Å²) in [6.07, 6.45) is 11.1. The summed E-state index contributed by atoms with van der Waals surface area (Å²) in [5, 5.41) is 10.6. The monoisotopic (exact) mass is 537 g/mol.